The first-order valence-corrected chi connectivity index (χ1v) is 14.8. The predicted molar refractivity (Wildman–Crippen MR) is 173 cm³/mol. The molecule has 0 aliphatic heterocycles. The average Bonchev–Trinajstić information content (AvgIpc) is 3.06. The molecule has 0 aliphatic carbocycles. The Kier molecular flexibility index (Phi) is 10.2. The summed E-state index contributed by atoms with van der Waals surface area (Å²) in [6, 6.07) is 15.8. The highest BCUT2D eigenvalue weighted by atomic mass is 35.5. The highest BCUT2D eigenvalue weighted by Gasteiger charge is 2.26. The fraction of sp³-hybridized carbons (Fsp3) is 0.0588. The van der Waals surface area contributed by atoms with E-state index in [1.54, 1.807) is 62.4 Å². The van der Waals surface area contributed by atoms with Crippen LogP contribution in [0, 0.1) is 48.8 Å². The summed E-state index contributed by atoms with van der Waals surface area (Å²) < 4.78 is 84.1. The summed E-state index contributed by atoms with van der Waals surface area (Å²) in [5, 5.41) is 14.3. The van der Waals surface area contributed by atoms with Gasteiger partial charge in [0.25, 0.3) is 5.56 Å². The van der Waals surface area contributed by atoms with Crippen molar-refractivity contribution >= 4 is 34.8 Å². The third kappa shape index (κ3) is 6.80. The number of halogens is 9. The molecule has 6 aromatic rings. The van der Waals surface area contributed by atoms with E-state index in [9.17, 15) is 31.1 Å². The van der Waals surface area contributed by atoms with Gasteiger partial charge in [0, 0.05) is 26.7 Å². The minimum Gasteiger partial charge on any atom is -0.267 e. The molecule has 14 heteroatoms. The molecular weight excluding hydrogens is 701 g/mol. The molecule has 2 heterocycles. The van der Waals surface area contributed by atoms with Gasteiger partial charge in [-0.15, -0.1) is 5.10 Å². The van der Waals surface area contributed by atoms with Gasteiger partial charge < -0.3 is 0 Å². The zero-order chi connectivity index (χ0) is 34.9. The van der Waals surface area contributed by atoms with Crippen LogP contribution in [0.25, 0.3) is 44.5 Å². The minimum atomic E-state index is -1.43. The molecule has 0 unspecified atom stereocenters. The van der Waals surface area contributed by atoms with Crippen LogP contribution in [-0.4, -0.2) is 20.4 Å². The molecule has 0 amide bonds. The molecule has 1 N–H and O–H groups in total. The second kappa shape index (κ2) is 14.2. The van der Waals surface area contributed by atoms with Gasteiger partial charge in [0.15, 0.2) is 28.4 Å². The Bertz CT molecular complexity index is 2230. The van der Waals surface area contributed by atoms with Crippen molar-refractivity contribution in [3.63, 3.8) is 0 Å². The number of nitrogens with zero attached hydrogens (tertiary/aromatic N) is 3. The van der Waals surface area contributed by atoms with Crippen molar-refractivity contribution in [2.45, 2.75) is 13.8 Å². The molecule has 2 aromatic heterocycles. The molecule has 48 heavy (non-hydrogen) atoms. The van der Waals surface area contributed by atoms with Crippen molar-refractivity contribution in [2.75, 3.05) is 0 Å². The number of H-pyrrole nitrogens is 1. The molecule has 6 rings (SSSR count). The van der Waals surface area contributed by atoms with E-state index in [-0.39, 0.29) is 21.8 Å². The fourth-order valence-electron chi connectivity index (χ4n) is 4.96. The van der Waals surface area contributed by atoms with Gasteiger partial charge >= 0.3 is 0 Å². The Morgan fingerprint density at radius 2 is 0.917 bits per heavy atom. The van der Waals surface area contributed by atoms with Crippen LogP contribution in [0.4, 0.5) is 26.3 Å². The summed E-state index contributed by atoms with van der Waals surface area (Å²) in [6.07, 6.45) is 0. The fourth-order valence-corrected chi connectivity index (χ4v) is 5.44. The van der Waals surface area contributed by atoms with E-state index in [0.29, 0.717) is 50.3 Å². The molecular formula is C34H19Cl3F6N4O. The third-order valence-electron chi connectivity index (χ3n) is 7.12. The van der Waals surface area contributed by atoms with Gasteiger partial charge in [-0.25, -0.2) is 31.4 Å². The van der Waals surface area contributed by atoms with Crippen molar-refractivity contribution in [2.24, 2.45) is 0 Å². The van der Waals surface area contributed by atoms with Gasteiger partial charge in [0.05, 0.1) is 28.1 Å². The smallest absolute Gasteiger partial charge is 0.267 e. The van der Waals surface area contributed by atoms with Crippen LogP contribution >= 0.6 is 34.8 Å². The summed E-state index contributed by atoms with van der Waals surface area (Å²) in [6.45, 7) is 3.18. The highest BCUT2D eigenvalue weighted by molar-refractivity contribution is 6.33. The van der Waals surface area contributed by atoms with Gasteiger partial charge in [0.2, 0.25) is 0 Å². The summed E-state index contributed by atoms with van der Waals surface area (Å²) in [5.74, 6) is -7.18. The molecule has 0 atom stereocenters. The Labute approximate surface area is 283 Å². The van der Waals surface area contributed by atoms with Gasteiger partial charge in [0.1, 0.15) is 11.6 Å². The number of aromatic nitrogens is 4. The van der Waals surface area contributed by atoms with E-state index in [1.807, 2.05) is 0 Å². The number of aromatic amines is 1. The van der Waals surface area contributed by atoms with Crippen LogP contribution in [0.2, 0.25) is 15.2 Å². The van der Waals surface area contributed by atoms with E-state index in [0.717, 1.165) is 12.1 Å². The number of aryl methyl sites for hydroxylation is 2. The lowest BCUT2D eigenvalue weighted by atomic mass is 9.94. The van der Waals surface area contributed by atoms with Crippen LogP contribution in [0.1, 0.15) is 11.4 Å². The molecule has 4 aromatic carbocycles. The lowest BCUT2D eigenvalue weighted by Crippen LogP contribution is -2.16. The zero-order valence-electron chi connectivity index (χ0n) is 24.6. The first kappa shape index (κ1) is 34.6. The van der Waals surface area contributed by atoms with E-state index < -0.39 is 51.6 Å². The van der Waals surface area contributed by atoms with E-state index in [2.05, 4.69) is 20.4 Å². The molecule has 0 aliphatic rings. The van der Waals surface area contributed by atoms with E-state index in [1.165, 1.54) is 0 Å². The maximum atomic E-state index is 14.3. The Morgan fingerprint density at radius 3 is 1.40 bits per heavy atom. The summed E-state index contributed by atoms with van der Waals surface area (Å²) in [4.78, 5) is 12.2. The van der Waals surface area contributed by atoms with Crippen LogP contribution in [-0.2, 0) is 0 Å². The minimum absolute atomic E-state index is 0.0546. The summed E-state index contributed by atoms with van der Waals surface area (Å²) >= 11 is 17.8. The van der Waals surface area contributed by atoms with Gasteiger partial charge in [-0.2, -0.15) is 10.2 Å². The van der Waals surface area contributed by atoms with Gasteiger partial charge in [-0.05, 0) is 73.5 Å². The average molecular weight is 720 g/mol. The Hall–Kier alpha value is -4.71. The van der Waals surface area contributed by atoms with Crippen molar-refractivity contribution in [3.8, 4) is 44.5 Å². The maximum absolute atomic E-state index is 14.3. The third-order valence-corrected chi connectivity index (χ3v) is 7.89. The number of hydrogen-bond donors (Lipinski definition) is 1. The normalized spacial score (nSPS) is 10.9. The molecule has 0 bridgehead atoms. The standard InChI is InChI=1S/C17H9Cl2F3N2.C17H10ClF3N2O/c1-8-13(9-2-4-10(18)5-3-9)15(17(19)24-23-8)14-11(20)6-7-12(21)16(14)22;1-8-13(9-2-4-10(18)5-3-9)15(17(24)23-22-8)14-11(19)6-7-12(20)16(14)21/h2-7H,1H3;2-7H,1H3,(H,23,24). The van der Waals surface area contributed by atoms with Gasteiger partial charge in [-0.3, -0.25) is 4.79 Å². The molecule has 0 saturated heterocycles. The lowest BCUT2D eigenvalue weighted by Gasteiger charge is -2.15. The molecule has 0 fully saturated rings. The largest absolute Gasteiger partial charge is 0.272 e. The second-order valence-corrected chi connectivity index (χ2v) is 11.4. The van der Waals surface area contributed by atoms with E-state index in [4.69, 9.17) is 34.8 Å². The number of benzene rings is 4. The summed E-state index contributed by atoms with van der Waals surface area (Å²) in [5.41, 5.74) is -0.173. The number of nitrogens with one attached hydrogen (secondary N) is 1. The van der Waals surface area contributed by atoms with Crippen molar-refractivity contribution in [1.82, 2.24) is 20.4 Å². The van der Waals surface area contributed by atoms with Gasteiger partial charge in [-0.1, -0.05) is 59.1 Å². The monoisotopic (exact) mass is 718 g/mol. The topological polar surface area (TPSA) is 71.5 Å². The molecule has 0 saturated carbocycles. The Morgan fingerprint density at radius 1 is 0.500 bits per heavy atom. The zero-order valence-corrected chi connectivity index (χ0v) is 26.8. The molecule has 0 spiro atoms. The highest BCUT2D eigenvalue weighted by Crippen LogP contribution is 2.41. The van der Waals surface area contributed by atoms with Crippen LogP contribution in [0.5, 0.6) is 0 Å². The molecule has 5 nitrogen and oxygen atoms in total. The van der Waals surface area contributed by atoms with E-state index >= 15 is 0 Å². The first-order chi connectivity index (χ1) is 22.8. The molecule has 0 radical (unpaired) electrons. The lowest BCUT2D eigenvalue weighted by molar-refractivity contribution is 0.499. The number of rotatable bonds is 4. The summed E-state index contributed by atoms with van der Waals surface area (Å²) in [7, 11) is 0. The number of hydrogen-bond acceptors (Lipinski definition) is 4. The van der Waals surface area contributed by atoms with Crippen molar-refractivity contribution in [1.29, 1.82) is 0 Å². The van der Waals surface area contributed by atoms with Crippen LogP contribution < -0.4 is 5.56 Å². The second-order valence-electron chi connectivity index (χ2n) is 10.2. The Balaban J connectivity index is 0.000000188. The molecule has 244 valence electrons. The SMILES string of the molecule is Cc1n[nH]c(=O)c(-c2c(F)ccc(F)c2F)c1-c1ccc(Cl)cc1.Cc1nnc(Cl)c(-c2c(F)ccc(F)c2F)c1-c1ccc(Cl)cc1. The van der Waals surface area contributed by atoms with Crippen molar-refractivity contribution in [3.05, 3.63) is 145 Å². The first-order valence-electron chi connectivity index (χ1n) is 13.7. The van der Waals surface area contributed by atoms with Crippen LogP contribution in [0.15, 0.2) is 77.6 Å². The quantitative estimate of drug-likeness (QED) is 0.145. The van der Waals surface area contributed by atoms with Crippen LogP contribution in [0.3, 0.4) is 0 Å². The predicted octanol–water partition coefficient (Wildman–Crippen LogP) is 10.3. The van der Waals surface area contributed by atoms with Crippen molar-refractivity contribution < 1.29 is 26.3 Å². The maximum Gasteiger partial charge on any atom is 0.272 e.